The number of aliphatic hydroxyl groups excluding tert-OH is 1. The highest BCUT2D eigenvalue weighted by Gasteiger charge is 2.29. The van der Waals surface area contributed by atoms with Crippen molar-refractivity contribution < 1.29 is 28.2 Å². The first-order chi connectivity index (χ1) is 14.1. The topological polar surface area (TPSA) is 113 Å². The zero-order chi connectivity index (χ0) is 22.1. The maximum Gasteiger partial charge on any atom is 0.341 e. The number of phenols is 1. The smallest absolute Gasteiger partial charge is 0.341 e. The van der Waals surface area contributed by atoms with E-state index in [1.807, 2.05) is 26.0 Å². The van der Waals surface area contributed by atoms with Gasteiger partial charge in [0.05, 0.1) is 23.8 Å². The fourth-order valence-electron chi connectivity index (χ4n) is 3.57. The quantitative estimate of drug-likeness (QED) is 0.551. The van der Waals surface area contributed by atoms with Crippen LogP contribution in [0.3, 0.4) is 0 Å². The molecule has 7 nitrogen and oxygen atoms in total. The Morgan fingerprint density at radius 2 is 1.93 bits per heavy atom. The molecule has 2 aromatic carbocycles. The predicted octanol–water partition coefficient (Wildman–Crippen LogP) is 3.30. The summed E-state index contributed by atoms with van der Waals surface area (Å²) in [6.45, 7) is 3.76. The summed E-state index contributed by atoms with van der Waals surface area (Å²) < 4.78 is 33.3. The van der Waals surface area contributed by atoms with Crippen molar-refractivity contribution in [1.29, 1.82) is 0 Å². The molecule has 1 unspecified atom stereocenters. The van der Waals surface area contributed by atoms with Crippen LogP contribution in [0.15, 0.2) is 35.2 Å². The van der Waals surface area contributed by atoms with Crippen LogP contribution < -0.4 is 4.72 Å². The number of aryl methyl sites for hydroxylation is 3. The summed E-state index contributed by atoms with van der Waals surface area (Å²) in [6, 6.07) is 7.26. The van der Waals surface area contributed by atoms with E-state index in [-0.39, 0.29) is 22.3 Å². The minimum atomic E-state index is -4.03. The molecule has 0 aliphatic heterocycles. The van der Waals surface area contributed by atoms with Crippen LogP contribution in [0.1, 0.15) is 46.3 Å². The Labute approximate surface area is 176 Å². The van der Waals surface area contributed by atoms with E-state index in [2.05, 4.69) is 9.46 Å². The number of carbonyl (C=O) groups excluding carboxylic acids is 1. The number of ether oxygens (including phenoxy) is 1. The van der Waals surface area contributed by atoms with Gasteiger partial charge in [-0.25, -0.2) is 13.2 Å². The number of aromatic hydroxyl groups is 1. The lowest BCUT2D eigenvalue weighted by Crippen LogP contribution is -2.17. The molecule has 0 saturated heterocycles. The van der Waals surface area contributed by atoms with Crippen molar-refractivity contribution in [1.82, 2.24) is 0 Å². The van der Waals surface area contributed by atoms with Gasteiger partial charge in [-0.05, 0) is 74.8 Å². The van der Waals surface area contributed by atoms with E-state index >= 15 is 0 Å². The molecule has 0 radical (unpaired) electrons. The second-order valence-electron chi connectivity index (χ2n) is 7.84. The molecule has 0 spiro atoms. The molecule has 8 heteroatoms. The van der Waals surface area contributed by atoms with Crippen molar-refractivity contribution in [2.24, 2.45) is 5.92 Å². The van der Waals surface area contributed by atoms with Crippen molar-refractivity contribution in [3.63, 3.8) is 0 Å². The molecule has 1 fully saturated rings. The van der Waals surface area contributed by atoms with Crippen LogP contribution in [0.5, 0.6) is 5.75 Å². The van der Waals surface area contributed by atoms with Gasteiger partial charge in [0.2, 0.25) is 0 Å². The lowest BCUT2D eigenvalue weighted by Gasteiger charge is -2.18. The molecule has 162 valence electrons. The van der Waals surface area contributed by atoms with Gasteiger partial charge >= 0.3 is 5.97 Å². The van der Waals surface area contributed by atoms with Gasteiger partial charge in [0, 0.05) is 0 Å². The lowest BCUT2D eigenvalue weighted by molar-refractivity contribution is 0.0597. The first kappa shape index (κ1) is 22.1. The predicted molar refractivity (Wildman–Crippen MR) is 113 cm³/mol. The summed E-state index contributed by atoms with van der Waals surface area (Å²) in [5.41, 5.74) is 2.82. The fourth-order valence-corrected chi connectivity index (χ4v) is 4.77. The molecule has 2 aromatic rings. The minimum Gasteiger partial charge on any atom is -0.507 e. The summed E-state index contributed by atoms with van der Waals surface area (Å²) >= 11 is 0. The van der Waals surface area contributed by atoms with Crippen LogP contribution in [0.25, 0.3) is 0 Å². The summed E-state index contributed by atoms with van der Waals surface area (Å²) in [5, 5.41) is 20.1. The van der Waals surface area contributed by atoms with Crippen LogP contribution >= 0.6 is 0 Å². The van der Waals surface area contributed by atoms with Gasteiger partial charge in [0.25, 0.3) is 10.0 Å². The molecular weight excluding hydrogens is 406 g/mol. The Morgan fingerprint density at radius 1 is 1.23 bits per heavy atom. The average Bonchev–Trinajstić information content (AvgIpc) is 3.53. The van der Waals surface area contributed by atoms with Crippen molar-refractivity contribution in [2.75, 3.05) is 11.8 Å². The highest BCUT2D eigenvalue weighted by atomic mass is 32.2. The van der Waals surface area contributed by atoms with Crippen LogP contribution in [0.2, 0.25) is 0 Å². The standard InChI is InChI=1S/C22H27NO6S/c1-13-10-14(2)21(16(11-13)6-8-19(24)15-4-5-15)23-30(27,28)17-7-9-20(25)18(12-17)22(26)29-3/h7,9-12,15,19,23-25H,4-6,8H2,1-3H3. The second kappa shape index (κ2) is 8.65. The molecule has 1 saturated carbocycles. The van der Waals surface area contributed by atoms with Crippen LogP contribution in [-0.2, 0) is 21.2 Å². The van der Waals surface area contributed by atoms with Gasteiger partial charge < -0.3 is 14.9 Å². The first-order valence-corrected chi connectivity index (χ1v) is 11.3. The Balaban J connectivity index is 1.91. The zero-order valence-electron chi connectivity index (χ0n) is 17.3. The number of methoxy groups -OCH3 is 1. The first-order valence-electron chi connectivity index (χ1n) is 9.84. The number of hydrogen-bond acceptors (Lipinski definition) is 6. The largest absolute Gasteiger partial charge is 0.507 e. The van der Waals surface area contributed by atoms with Gasteiger partial charge in [0.1, 0.15) is 11.3 Å². The summed E-state index contributed by atoms with van der Waals surface area (Å²) in [4.78, 5) is 11.6. The number of rotatable bonds is 8. The molecule has 1 atom stereocenters. The van der Waals surface area contributed by atoms with Crippen molar-refractivity contribution in [2.45, 2.75) is 50.5 Å². The Kier molecular flexibility index (Phi) is 6.38. The van der Waals surface area contributed by atoms with E-state index in [1.54, 1.807) is 0 Å². The van der Waals surface area contributed by atoms with Crippen molar-refractivity contribution >= 4 is 21.7 Å². The van der Waals surface area contributed by atoms with Crippen LogP contribution in [0, 0.1) is 19.8 Å². The molecule has 1 aliphatic rings. The van der Waals surface area contributed by atoms with E-state index in [9.17, 15) is 23.4 Å². The summed E-state index contributed by atoms with van der Waals surface area (Å²) in [7, 11) is -2.87. The molecule has 0 heterocycles. The monoisotopic (exact) mass is 433 g/mol. The number of aliphatic hydroxyl groups is 1. The minimum absolute atomic E-state index is 0.162. The average molecular weight is 434 g/mol. The van der Waals surface area contributed by atoms with Crippen molar-refractivity contribution in [3.05, 3.63) is 52.6 Å². The molecule has 0 aromatic heterocycles. The second-order valence-corrected chi connectivity index (χ2v) is 9.52. The normalized spacial score (nSPS) is 14.9. The number of phenolic OH excluding ortho intramolecular Hbond substituents is 1. The summed E-state index contributed by atoms with van der Waals surface area (Å²) in [6.07, 6.45) is 2.80. The van der Waals surface area contributed by atoms with Gasteiger partial charge in [-0.15, -0.1) is 0 Å². The van der Waals surface area contributed by atoms with E-state index in [0.29, 0.717) is 24.4 Å². The molecule has 0 bridgehead atoms. The Bertz CT molecular complexity index is 1060. The lowest BCUT2D eigenvalue weighted by atomic mass is 9.98. The van der Waals surface area contributed by atoms with Gasteiger partial charge in [-0.1, -0.05) is 17.7 Å². The molecule has 3 rings (SSSR count). The third-order valence-corrected chi connectivity index (χ3v) is 6.70. The van der Waals surface area contributed by atoms with E-state index < -0.39 is 16.0 Å². The van der Waals surface area contributed by atoms with Gasteiger partial charge in [-0.3, -0.25) is 4.72 Å². The van der Waals surface area contributed by atoms with Gasteiger partial charge in [0.15, 0.2) is 0 Å². The SMILES string of the molecule is COC(=O)c1cc(S(=O)(=O)Nc2c(C)cc(C)cc2CCC(O)C2CC2)ccc1O. The van der Waals surface area contributed by atoms with Gasteiger partial charge in [-0.2, -0.15) is 0 Å². The molecule has 0 amide bonds. The fraction of sp³-hybridized carbons (Fsp3) is 0.409. The van der Waals surface area contributed by atoms with Crippen LogP contribution in [0.4, 0.5) is 5.69 Å². The van der Waals surface area contributed by atoms with Crippen LogP contribution in [-0.4, -0.2) is 37.8 Å². The highest BCUT2D eigenvalue weighted by Crippen LogP contribution is 2.35. The third kappa shape index (κ3) is 4.94. The number of sulfonamides is 1. The number of carbonyl (C=O) groups is 1. The number of esters is 1. The number of benzene rings is 2. The summed E-state index contributed by atoms with van der Waals surface area (Å²) in [5.74, 6) is -0.835. The van der Waals surface area contributed by atoms with Crippen molar-refractivity contribution in [3.8, 4) is 5.75 Å². The molecule has 3 N–H and O–H groups in total. The molecule has 1 aliphatic carbocycles. The highest BCUT2D eigenvalue weighted by molar-refractivity contribution is 7.92. The molecule has 30 heavy (non-hydrogen) atoms. The van der Waals surface area contributed by atoms with E-state index in [0.717, 1.165) is 48.8 Å². The Morgan fingerprint density at radius 3 is 2.57 bits per heavy atom. The number of hydrogen-bond donors (Lipinski definition) is 3. The van der Waals surface area contributed by atoms with E-state index in [4.69, 9.17) is 0 Å². The molecular formula is C22H27NO6S. The van der Waals surface area contributed by atoms with E-state index in [1.165, 1.54) is 6.07 Å². The number of anilines is 1. The number of nitrogens with one attached hydrogen (secondary N) is 1. The Hall–Kier alpha value is -2.58. The third-order valence-electron chi connectivity index (χ3n) is 5.36. The maximum absolute atomic E-state index is 13.0. The zero-order valence-corrected chi connectivity index (χ0v) is 18.1. The maximum atomic E-state index is 13.0.